The fourth-order valence-electron chi connectivity index (χ4n) is 3.11. The number of hydrogen-bond donors (Lipinski definition) is 1. The van der Waals surface area contributed by atoms with Crippen LogP contribution in [0, 0.1) is 5.82 Å². The Labute approximate surface area is 158 Å². The van der Waals surface area contributed by atoms with Crippen LogP contribution >= 0.6 is 11.6 Å². The first-order valence-electron chi connectivity index (χ1n) is 8.86. The zero-order valence-corrected chi connectivity index (χ0v) is 15.4. The molecule has 0 aliphatic carbocycles. The normalized spacial score (nSPS) is 14.5. The van der Waals surface area contributed by atoms with E-state index in [4.69, 9.17) is 11.6 Å². The standard InChI is InChI=1S/C20H23ClFN3O/c21-17-5-3-6-18(14-17)24-10-12-25(13-11-24)20(26)8-9-23-15-16-4-1-2-7-19(16)22/h1-7,14,23H,8-13,15H2. The van der Waals surface area contributed by atoms with Crippen molar-refractivity contribution in [3.05, 3.63) is 64.9 Å². The second-order valence-corrected chi connectivity index (χ2v) is 6.80. The number of piperazine rings is 1. The van der Waals surface area contributed by atoms with E-state index < -0.39 is 0 Å². The minimum absolute atomic E-state index is 0.136. The average molecular weight is 376 g/mol. The van der Waals surface area contributed by atoms with Crippen molar-refractivity contribution in [2.45, 2.75) is 13.0 Å². The zero-order chi connectivity index (χ0) is 18.4. The van der Waals surface area contributed by atoms with E-state index in [0.29, 0.717) is 38.2 Å². The molecule has 1 fully saturated rings. The molecular formula is C20H23ClFN3O. The number of rotatable bonds is 6. The van der Waals surface area contributed by atoms with Crippen LogP contribution in [0.15, 0.2) is 48.5 Å². The lowest BCUT2D eigenvalue weighted by atomic mass is 10.2. The summed E-state index contributed by atoms with van der Waals surface area (Å²) in [6.07, 6.45) is 0.422. The number of carbonyl (C=O) groups excluding carboxylic acids is 1. The van der Waals surface area contributed by atoms with E-state index >= 15 is 0 Å². The summed E-state index contributed by atoms with van der Waals surface area (Å²) in [4.78, 5) is 16.5. The van der Waals surface area contributed by atoms with Gasteiger partial charge in [0.05, 0.1) is 0 Å². The fraction of sp³-hybridized carbons (Fsp3) is 0.350. The summed E-state index contributed by atoms with van der Waals surface area (Å²) in [7, 11) is 0. The Morgan fingerprint density at radius 2 is 1.85 bits per heavy atom. The van der Waals surface area contributed by atoms with E-state index in [1.807, 2.05) is 35.2 Å². The summed E-state index contributed by atoms with van der Waals surface area (Å²) in [5.74, 6) is -0.0831. The first-order valence-corrected chi connectivity index (χ1v) is 9.24. The Morgan fingerprint density at radius 3 is 2.58 bits per heavy atom. The van der Waals surface area contributed by atoms with Gasteiger partial charge < -0.3 is 15.1 Å². The van der Waals surface area contributed by atoms with Gasteiger partial charge in [-0.15, -0.1) is 0 Å². The number of amides is 1. The van der Waals surface area contributed by atoms with Crippen LogP contribution in [0.1, 0.15) is 12.0 Å². The topological polar surface area (TPSA) is 35.6 Å². The number of carbonyl (C=O) groups is 1. The predicted octanol–water partition coefficient (Wildman–Crippen LogP) is 3.31. The van der Waals surface area contributed by atoms with Crippen LogP contribution in [0.2, 0.25) is 5.02 Å². The third kappa shape index (κ3) is 4.96. The summed E-state index contributed by atoms with van der Waals surface area (Å²) in [5, 5.41) is 3.86. The number of nitrogens with zero attached hydrogens (tertiary/aromatic N) is 2. The molecule has 1 aliphatic rings. The second kappa shape index (κ2) is 9.01. The number of hydrogen-bond acceptors (Lipinski definition) is 3. The molecular weight excluding hydrogens is 353 g/mol. The van der Waals surface area contributed by atoms with Gasteiger partial charge >= 0.3 is 0 Å². The average Bonchev–Trinajstić information content (AvgIpc) is 2.66. The van der Waals surface area contributed by atoms with E-state index in [9.17, 15) is 9.18 Å². The van der Waals surface area contributed by atoms with Crippen LogP contribution in [0.4, 0.5) is 10.1 Å². The Bertz CT molecular complexity index is 747. The van der Waals surface area contributed by atoms with Crippen molar-refractivity contribution in [3.63, 3.8) is 0 Å². The number of benzene rings is 2. The first kappa shape index (κ1) is 18.7. The lowest BCUT2D eigenvalue weighted by molar-refractivity contribution is -0.131. The third-order valence-electron chi connectivity index (χ3n) is 4.59. The molecule has 0 spiro atoms. The van der Waals surface area contributed by atoms with Gasteiger partial charge in [-0.1, -0.05) is 35.9 Å². The Balaban J connectivity index is 1.39. The lowest BCUT2D eigenvalue weighted by Gasteiger charge is -2.36. The highest BCUT2D eigenvalue weighted by atomic mass is 35.5. The molecule has 1 amide bonds. The number of anilines is 1. The van der Waals surface area contributed by atoms with Crippen molar-refractivity contribution in [2.24, 2.45) is 0 Å². The molecule has 0 radical (unpaired) electrons. The predicted molar refractivity (Wildman–Crippen MR) is 103 cm³/mol. The van der Waals surface area contributed by atoms with E-state index in [2.05, 4.69) is 10.2 Å². The Morgan fingerprint density at radius 1 is 1.08 bits per heavy atom. The molecule has 4 nitrogen and oxygen atoms in total. The quantitative estimate of drug-likeness (QED) is 0.787. The number of halogens is 2. The number of nitrogens with one attached hydrogen (secondary N) is 1. The lowest BCUT2D eigenvalue weighted by Crippen LogP contribution is -2.49. The van der Waals surface area contributed by atoms with E-state index in [1.165, 1.54) is 6.07 Å². The van der Waals surface area contributed by atoms with Crippen LogP contribution in [0.5, 0.6) is 0 Å². The monoisotopic (exact) mass is 375 g/mol. The molecule has 0 saturated carbocycles. The molecule has 0 unspecified atom stereocenters. The molecule has 138 valence electrons. The van der Waals surface area contributed by atoms with E-state index in [1.54, 1.807) is 12.1 Å². The maximum absolute atomic E-state index is 13.5. The van der Waals surface area contributed by atoms with Crippen LogP contribution in [-0.4, -0.2) is 43.5 Å². The summed E-state index contributed by atoms with van der Waals surface area (Å²) < 4.78 is 13.5. The van der Waals surface area contributed by atoms with Crippen molar-refractivity contribution in [1.29, 1.82) is 0 Å². The Kier molecular flexibility index (Phi) is 6.47. The maximum Gasteiger partial charge on any atom is 0.223 e. The largest absolute Gasteiger partial charge is 0.368 e. The van der Waals surface area contributed by atoms with Gasteiger partial charge in [0, 0.05) is 62.0 Å². The van der Waals surface area contributed by atoms with Crippen molar-refractivity contribution in [2.75, 3.05) is 37.6 Å². The molecule has 26 heavy (non-hydrogen) atoms. The summed E-state index contributed by atoms with van der Waals surface area (Å²) in [6.45, 7) is 3.99. The molecule has 2 aromatic rings. The van der Waals surface area contributed by atoms with Gasteiger partial charge in [0.25, 0.3) is 0 Å². The van der Waals surface area contributed by atoms with Crippen LogP contribution < -0.4 is 10.2 Å². The third-order valence-corrected chi connectivity index (χ3v) is 4.83. The molecule has 1 saturated heterocycles. The molecule has 0 aromatic heterocycles. The van der Waals surface area contributed by atoms with Gasteiger partial charge in [-0.3, -0.25) is 4.79 Å². The van der Waals surface area contributed by atoms with E-state index in [0.717, 1.165) is 23.8 Å². The molecule has 0 bridgehead atoms. The Hall–Kier alpha value is -2.11. The van der Waals surface area contributed by atoms with Gasteiger partial charge in [-0.2, -0.15) is 0 Å². The van der Waals surface area contributed by atoms with Crippen molar-refractivity contribution < 1.29 is 9.18 Å². The smallest absolute Gasteiger partial charge is 0.223 e. The van der Waals surface area contributed by atoms with Crippen LogP contribution in [0.25, 0.3) is 0 Å². The molecule has 1 aliphatic heterocycles. The molecule has 0 atom stereocenters. The SMILES string of the molecule is O=C(CCNCc1ccccc1F)N1CCN(c2cccc(Cl)c2)CC1. The summed E-state index contributed by atoms with van der Waals surface area (Å²) >= 11 is 6.05. The minimum atomic E-state index is -0.219. The second-order valence-electron chi connectivity index (χ2n) is 6.37. The highest BCUT2D eigenvalue weighted by Crippen LogP contribution is 2.20. The van der Waals surface area contributed by atoms with Gasteiger partial charge in [-0.25, -0.2) is 4.39 Å². The van der Waals surface area contributed by atoms with Gasteiger partial charge in [0.15, 0.2) is 0 Å². The summed E-state index contributed by atoms with van der Waals surface area (Å²) in [5.41, 5.74) is 1.71. The van der Waals surface area contributed by atoms with Crippen molar-refractivity contribution in [1.82, 2.24) is 10.2 Å². The van der Waals surface area contributed by atoms with E-state index in [-0.39, 0.29) is 11.7 Å². The van der Waals surface area contributed by atoms with Crippen molar-refractivity contribution in [3.8, 4) is 0 Å². The molecule has 3 rings (SSSR count). The fourth-order valence-corrected chi connectivity index (χ4v) is 3.29. The minimum Gasteiger partial charge on any atom is -0.368 e. The van der Waals surface area contributed by atoms with Gasteiger partial charge in [0.1, 0.15) is 5.82 Å². The molecule has 6 heteroatoms. The van der Waals surface area contributed by atoms with Gasteiger partial charge in [-0.05, 0) is 24.3 Å². The highest BCUT2D eigenvalue weighted by molar-refractivity contribution is 6.30. The van der Waals surface area contributed by atoms with Crippen LogP contribution in [-0.2, 0) is 11.3 Å². The zero-order valence-electron chi connectivity index (χ0n) is 14.6. The molecule has 1 N–H and O–H groups in total. The molecule has 2 aromatic carbocycles. The summed E-state index contributed by atoms with van der Waals surface area (Å²) in [6, 6.07) is 14.5. The van der Waals surface area contributed by atoms with Gasteiger partial charge in [0.2, 0.25) is 5.91 Å². The van der Waals surface area contributed by atoms with Crippen LogP contribution in [0.3, 0.4) is 0 Å². The van der Waals surface area contributed by atoms with Crippen molar-refractivity contribution >= 4 is 23.2 Å². The first-order chi connectivity index (χ1) is 12.6. The maximum atomic E-state index is 13.5. The highest BCUT2D eigenvalue weighted by Gasteiger charge is 2.21. The molecule has 1 heterocycles.